The summed E-state index contributed by atoms with van der Waals surface area (Å²) in [6, 6.07) is 5.95. The summed E-state index contributed by atoms with van der Waals surface area (Å²) in [7, 11) is 0. The Morgan fingerprint density at radius 3 is 2.62 bits per heavy atom. The van der Waals surface area contributed by atoms with Gasteiger partial charge in [-0.1, -0.05) is 22.0 Å². The molecule has 6 heteroatoms. The van der Waals surface area contributed by atoms with Crippen LogP contribution >= 0.6 is 15.9 Å². The summed E-state index contributed by atoms with van der Waals surface area (Å²) >= 11 is 3.48. The number of hydrogen-bond donors (Lipinski definition) is 1. The Kier molecular flexibility index (Phi) is 4.57. The van der Waals surface area contributed by atoms with Crippen LogP contribution in [0.15, 0.2) is 28.9 Å². The number of halogens is 1. The Balaban J connectivity index is 2.22. The van der Waals surface area contributed by atoms with Gasteiger partial charge in [0, 0.05) is 21.9 Å². The van der Waals surface area contributed by atoms with E-state index in [1.807, 2.05) is 25.1 Å². The molecule has 0 bridgehead atoms. The van der Waals surface area contributed by atoms with Crippen LogP contribution in [0.1, 0.15) is 22.4 Å². The molecule has 1 heterocycles. The maximum Gasteiger partial charge on any atom is 0.278 e. The number of rotatable bonds is 4. The van der Waals surface area contributed by atoms with Crippen LogP contribution in [0.4, 0.5) is 11.4 Å². The van der Waals surface area contributed by atoms with Gasteiger partial charge >= 0.3 is 0 Å². The van der Waals surface area contributed by atoms with Gasteiger partial charge in [0.1, 0.15) is 0 Å². The van der Waals surface area contributed by atoms with Crippen LogP contribution in [-0.4, -0.2) is 9.91 Å². The molecule has 0 aliphatic rings. The predicted molar refractivity (Wildman–Crippen MR) is 86.6 cm³/mol. The lowest BCUT2D eigenvalue weighted by Crippen LogP contribution is -2.07. The fourth-order valence-electron chi connectivity index (χ4n) is 2.11. The van der Waals surface area contributed by atoms with Gasteiger partial charge in [0.05, 0.1) is 22.7 Å². The fourth-order valence-corrected chi connectivity index (χ4v) is 2.49. The average molecular weight is 350 g/mol. The Labute approximate surface area is 131 Å². The van der Waals surface area contributed by atoms with Crippen LogP contribution in [0.2, 0.25) is 0 Å². The van der Waals surface area contributed by atoms with E-state index < -0.39 is 0 Å². The Morgan fingerprint density at radius 2 is 2.00 bits per heavy atom. The molecule has 0 atom stereocenters. The van der Waals surface area contributed by atoms with Crippen molar-refractivity contribution in [1.82, 2.24) is 4.98 Å². The highest BCUT2D eigenvalue weighted by atomic mass is 79.9. The highest BCUT2D eigenvalue weighted by molar-refractivity contribution is 9.10. The molecule has 0 unspecified atom stereocenters. The lowest BCUT2D eigenvalue weighted by atomic mass is 10.1. The van der Waals surface area contributed by atoms with Crippen molar-refractivity contribution < 1.29 is 4.92 Å². The van der Waals surface area contributed by atoms with Gasteiger partial charge in [0.2, 0.25) is 0 Å². The molecular formula is C15H16BrN3O2. The van der Waals surface area contributed by atoms with E-state index >= 15 is 0 Å². The van der Waals surface area contributed by atoms with E-state index in [0.717, 1.165) is 15.7 Å². The number of nitrogens with one attached hydrogen (secondary N) is 1. The zero-order valence-corrected chi connectivity index (χ0v) is 13.7. The molecule has 2 rings (SSSR count). The van der Waals surface area contributed by atoms with Crippen molar-refractivity contribution in [3.63, 3.8) is 0 Å². The SMILES string of the molecule is Cc1ccc(NCc2ncc(C)c([N+](=O)[O-])c2C)cc1Br. The molecule has 2 aromatic rings. The summed E-state index contributed by atoms with van der Waals surface area (Å²) in [6.07, 6.45) is 1.55. The molecule has 0 saturated heterocycles. The lowest BCUT2D eigenvalue weighted by molar-refractivity contribution is -0.386. The van der Waals surface area contributed by atoms with E-state index in [1.54, 1.807) is 20.0 Å². The van der Waals surface area contributed by atoms with Gasteiger partial charge in [-0.25, -0.2) is 0 Å². The molecule has 1 N–H and O–H groups in total. The fraction of sp³-hybridized carbons (Fsp3) is 0.267. The molecule has 1 aromatic carbocycles. The van der Waals surface area contributed by atoms with Crippen molar-refractivity contribution in [2.24, 2.45) is 0 Å². The van der Waals surface area contributed by atoms with E-state index in [0.29, 0.717) is 23.4 Å². The van der Waals surface area contributed by atoms with Crippen molar-refractivity contribution in [3.8, 4) is 0 Å². The summed E-state index contributed by atoms with van der Waals surface area (Å²) in [5.41, 5.74) is 4.12. The minimum atomic E-state index is -0.349. The number of nitrogens with zero attached hydrogens (tertiary/aromatic N) is 2. The minimum absolute atomic E-state index is 0.145. The quantitative estimate of drug-likeness (QED) is 0.660. The number of aromatic nitrogens is 1. The zero-order chi connectivity index (χ0) is 15.6. The van der Waals surface area contributed by atoms with Crippen molar-refractivity contribution in [2.75, 3.05) is 5.32 Å². The molecule has 0 aliphatic carbocycles. The summed E-state index contributed by atoms with van der Waals surface area (Å²) in [4.78, 5) is 15.1. The van der Waals surface area contributed by atoms with Crippen LogP contribution < -0.4 is 5.32 Å². The third-order valence-corrected chi connectivity index (χ3v) is 4.24. The van der Waals surface area contributed by atoms with Crippen LogP contribution in [0.25, 0.3) is 0 Å². The highest BCUT2D eigenvalue weighted by Gasteiger charge is 2.18. The predicted octanol–water partition coefficient (Wildman–Crippen LogP) is 4.29. The van der Waals surface area contributed by atoms with Crippen molar-refractivity contribution in [1.29, 1.82) is 0 Å². The largest absolute Gasteiger partial charge is 0.379 e. The van der Waals surface area contributed by atoms with E-state index in [9.17, 15) is 10.1 Å². The lowest BCUT2D eigenvalue weighted by Gasteiger charge is -2.10. The number of anilines is 1. The Hall–Kier alpha value is -1.95. The molecule has 5 nitrogen and oxygen atoms in total. The van der Waals surface area contributed by atoms with Gasteiger partial charge in [0.15, 0.2) is 0 Å². The second-order valence-electron chi connectivity index (χ2n) is 4.94. The molecule has 0 radical (unpaired) electrons. The van der Waals surface area contributed by atoms with Gasteiger partial charge in [-0.15, -0.1) is 0 Å². The third kappa shape index (κ3) is 3.39. The average Bonchev–Trinajstić information content (AvgIpc) is 2.41. The van der Waals surface area contributed by atoms with Gasteiger partial charge in [-0.3, -0.25) is 15.1 Å². The number of hydrogen-bond acceptors (Lipinski definition) is 4. The van der Waals surface area contributed by atoms with Gasteiger partial charge in [-0.05, 0) is 38.5 Å². The maximum absolute atomic E-state index is 11.1. The molecule has 0 fully saturated rings. The number of nitro groups is 1. The zero-order valence-electron chi connectivity index (χ0n) is 12.1. The number of benzene rings is 1. The van der Waals surface area contributed by atoms with Gasteiger partial charge < -0.3 is 5.32 Å². The first-order valence-electron chi connectivity index (χ1n) is 6.49. The van der Waals surface area contributed by atoms with Crippen LogP contribution in [0.5, 0.6) is 0 Å². The standard InChI is InChI=1S/C15H16BrN3O2/c1-9-4-5-12(6-13(9)16)17-8-14-11(3)15(19(20)21)10(2)7-18-14/h4-7,17H,8H2,1-3H3. The van der Waals surface area contributed by atoms with E-state index in [-0.39, 0.29) is 10.6 Å². The summed E-state index contributed by atoms with van der Waals surface area (Å²) < 4.78 is 1.02. The molecule has 0 saturated carbocycles. The summed E-state index contributed by atoms with van der Waals surface area (Å²) in [5, 5.41) is 14.3. The molecule has 21 heavy (non-hydrogen) atoms. The van der Waals surface area contributed by atoms with Crippen LogP contribution in [0, 0.1) is 30.9 Å². The molecule has 110 valence electrons. The second kappa shape index (κ2) is 6.22. The molecular weight excluding hydrogens is 334 g/mol. The normalized spacial score (nSPS) is 10.5. The van der Waals surface area contributed by atoms with E-state index in [2.05, 4.69) is 26.2 Å². The third-order valence-electron chi connectivity index (χ3n) is 3.39. The van der Waals surface area contributed by atoms with Gasteiger partial charge in [0.25, 0.3) is 5.69 Å². The Morgan fingerprint density at radius 1 is 1.29 bits per heavy atom. The van der Waals surface area contributed by atoms with Crippen LogP contribution in [0.3, 0.4) is 0 Å². The highest BCUT2D eigenvalue weighted by Crippen LogP contribution is 2.25. The molecule has 0 amide bonds. The number of aryl methyl sites for hydroxylation is 2. The monoisotopic (exact) mass is 349 g/mol. The first-order valence-corrected chi connectivity index (χ1v) is 7.29. The molecule has 0 spiro atoms. The van der Waals surface area contributed by atoms with Crippen molar-refractivity contribution in [3.05, 3.63) is 61.4 Å². The maximum atomic E-state index is 11.1. The molecule has 1 aromatic heterocycles. The number of pyridine rings is 1. The first-order chi connectivity index (χ1) is 9.90. The summed E-state index contributed by atoms with van der Waals surface area (Å²) in [6.45, 7) is 5.90. The Bertz CT molecular complexity index is 702. The van der Waals surface area contributed by atoms with E-state index in [1.165, 1.54) is 0 Å². The first kappa shape index (κ1) is 15.4. The molecule has 0 aliphatic heterocycles. The minimum Gasteiger partial charge on any atom is -0.379 e. The van der Waals surface area contributed by atoms with Gasteiger partial charge in [-0.2, -0.15) is 0 Å². The topological polar surface area (TPSA) is 68.1 Å². The second-order valence-corrected chi connectivity index (χ2v) is 5.79. The summed E-state index contributed by atoms with van der Waals surface area (Å²) in [5.74, 6) is 0. The smallest absolute Gasteiger partial charge is 0.278 e. The van der Waals surface area contributed by atoms with Crippen molar-refractivity contribution in [2.45, 2.75) is 27.3 Å². The van der Waals surface area contributed by atoms with Crippen molar-refractivity contribution >= 4 is 27.3 Å². The van der Waals surface area contributed by atoms with Crippen LogP contribution in [-0.2, 0) is 6.54 Å². The van der Waals surface area contributed by atoms with E-state index in [4.69, 9.17) is 0 Å².